The van der Waals surface area contributed by atoms with Crippen molar-refractivity contribution in [1.82, 2.24) is 9.38 Å². The molecule has 3 aromatic heterocycles. The number of rotatable bonds is 1. The highest BCUT2D eigenvalue weighted by molar-refractivity contribution is 6.89. The molecular formula is C25H22N2Si. The van der Waals surface area contributed by atoms with E-state index >= 15 is 0 Å². The number of aromatic nitrogens is 2. The zero-order valence-corrected chi connectivity index (χ0v) is 17.7. The molecule has 0 aliphatic heterocycles. The summed E-state index contributed by atoms with van der Waals surface area (Å²) in [5.74, 6) is 0. The van der Waals surface area contributed by atoms with Crippen LogP contribution in [0, 0.1) is 6.92 Å². The Bertz CT molecular complexity index is 1550. The monoisotopic (exact) mass is 378 g/mol. The summed E-state index contributed by atoms with van der Waals surface area (Å²) in [6, 6.07) is 20.4. The van der Waals surface area contributed by atoms with Gasteiger partial charge < -0.3 is 4.40 Å². The van der Waals surface area contributed by atoms with Crippen molar-refractivity contribution in [1.29, 1.82) is 0 Å². The Balaban J connectivity index is 2.04. The van der Waals surface area contributed by atoms with Crippen LogP contribution in [0.2, 0.25) is 19.6 Å². The molecule has 6 rings (SSSR count). The summed E-state index contributed by atoms with van der Waals surface area (Å²) in [4.78, 5) is 4.86. The Morgan fingerprint density at radius 2 is 1.61 bits per heavy atom. The van der Waals surface area contributed by atoms with Crippen molar-refractivity contribution in [2.24, 2.45) is 0 Å². The van der Waals surface area contributed by atoms with Gasteiger partial charge in [-0.2, -0.15) is 0 Å². The van der Waals surface area contributed by atoms with Gasteiger partial charge in [0.25, 0.3) is 0 Å². The van der Waals surface area contributed by atoms with Crippen LogP contribution in [0.3, 0.4) is 0 Å². The van der Waals surface area contributed by atoms with Crippen LogP contribution >= 0.6 is 0 Å². The summed E-state index contributed by atoms with van der Waals surface area (Å²) < 4.78 is 2.49. The van der Waals surface area contributed by atoms with Crippen LogP contribution in [0.5, 0.6) is 0 Å². The van der Waals surface area contributed by atoms with E-state index in [9.17, 15) is 0 Å². The molecule has 2 nitrogen and oxygen atoms in total. The third-order valence-electron chi connectivity index (χ3n) is 6.12. The van der Waals surface area contributed by atoms with E-state index in [0.717, 1.165) is 5.52 Å². The molecule has 0 atom stereocenters. The summed E-state index contributed by atoms with van der Waals surface area (Å²) >= 11 is 0. The molecule has 0 bridgehead atoms. The fourth-order valence-corrected chi connectivity index (χ4v) is 5.94. The maximum Gasteiger partial charge on any atom is 0.0822 e. The standard InChI is InChI=1S/C25H22N2Si/c1-15-11-19-18-7-5-6-8-21(18)27-22-14-17(28(2,3)4)13-16-9-10-26-24(23(16)22)20(12-15)25(19)27/h5-14H,1-4H3. The molecule has 136 valence electrons. The van der Waals surface area contributed by atoms with E-state index in [2.05, 4.69) is 85.6 Å². The van der Waals surface area contributed by atoms with Crippen molar-refractivity contribution in [3.8, 4) is 0 Å². The Morgan fingerprint density at radius 1 is 0.821 bits per heavy atom. The van der Waals surface area contributed by atoms with Gasteiger partial charge in [-0.1, -0.05) is 49.1 Å². The maximum atomic E-state index is 4.86. The average molecular weight is 379 g/mol. The van der Waals surface area contributed by atoms with Gasteiger partial charge in [-0.15, -0.1) is 0 Å². The molecule has 3 heterocycles. The van der Waals surface area contributed by atoms with E-state index in [1.807, 2.05) is 6.20 Å². The van der Waals surface area contributed by atoms with E-state index < -0.39 is 8.07 Å². The Kier molecular flexibility index (Phi) is 2.94. The van der Waals surface area contributed by atoms with Crippen molar-refractivity contribution in [2.45, 2.75) is 26.6 Å². The minimum Gasteiger partial charge on any atom is -0.308 e. The number of hydrogen-bond acceptors (Lipinski definition) is 1. The lowest BCUT2D eigenvalue weighted by atomic mass is 10.0. The van der Waals surface area contributed by atoms with Crippen molar-refractivity contribution >= 4 is 62.3 Å². The average Bonchev–Trinajstić information content (AvgIpc) is 2.99. The number of pyridine rings is 2. The van der Waals surface area contributed by atoms with Crippen molar-refractivity contribution in [2.75, 3.05) is 0 Å². The SMILES string of the molecule is Cc1cc2c3ccccc3n3c4cc([Si](C)(C)C)cc5ccnc(c(c1)c23)c54. The highest BCUT2D eigenvalue weighted by Gasteiger charge is 2.22. The second kappa shape index (κ2) is 5.12. The van der Waals surface area contributed by atoms with E-state index in [0.29, 0.717) is 0 Å². The van der Waals surface area contributed by atoms with Crippen molar-refractivity contribution in [3.63, 3.8) is 0 Å². The molecule has 0 unspecified atom stereocenters. The summed E-state index contributed by atoms with van der Waals surface area (Å²) in [5.41, 5.74) is 6.28. The van der Waals surface area contributed by atoms with E-state index in [1.54, 1.807) is 0 Å². The fourth-order valence-electron chi connectivity index (χ4n) is 4.78. The first-order chi connectivity index (χ1) is 13.4. The third-order valence-corrected chi connectivity index (χ3v) is 8.14. The highest BCUT2D eigenvalue weighted by Crippen LogP contribution is 2.40. The van der Waals surface area contributed by atoms with Crippen LogP contribution in [-0.4, -0.2) is 17.5 Å². The van der Waals surface area contributed by atoms with Crippen LogP contribution in [0.25, 0.3) is 49.0 Å². The van der Waals surface area contributed by atoms with Crippen LogP contribution in [0.15, 0.2) is 60.8 Å². The van der Waals surface area contributed by atoms with E-state index in [-0.39, 0.29) is 0 Å². The molecule has 3 aromatic carbocycles. The lowest BCUT2D eigenvalue weighted by Crippen LogP contribution is -2.37. The Morgan fingerprint density at radius 3 is 2.43 bits per heavy atom. The molecule has 3 heteroatoms. The minimum absolute atomic E-state index is 1.12. The molecule has 0 saturated heterocycles. The largest absolute Gasteiger partial charge is 0.308 e. The van der Waals surface area contributed by atoms with Crippen LogP contribution in [0.1, 0.15) is 5.56 Å². The van der Waals surface area contributed by atoms with Gasteiger partial charge in [-0.25, -0.2) is 0 Å². The molecule has 0 radical (unpaired) electrons. The lowest BCUT2D eigenvalue weighted by molar-refractivity contribution is 1.33. The molecule has 0 aliphatic rings. The van der Waals surface area contributed by atoms with Crippen molar-refractivity contribution in [3.05, 3.63) is 66.4 Å². The van der Waals surface area contributed by atoms with Gasteiger partial charge in [0.05, 0.1) is 30.1 Å². The lowest BCUT2D eigenvalue weighted by Gasteiger charge is -2.20. The Labute approximate surface area is 164 Å². The molecule has 0 aliphatic carbocycles. The van der Waals surface area contributed by atoms with Gasteiger partial charge in [-0.3, -0.25) is 4.98 Å². The summed E-state index contributed by atoms with van der Waals surface area (Å²) in [7, 11) is -1.46. The third kappa shape index (κ3) is 1.95. The molecule has 0 N–H and O–H groups in total. The predicted octanol–water partition coefficient (Wildman–Crippen LogP) is 6.24. The smallest absolute Gasteiger partial charge is 0.0822 e. The Hall–Kier alpha value is -2.91. The number of fused-ring (bicyclic) bond motifs is 5. The first-order valence-electron chi connectivity index (χ1n) is 9.91. The molecule has 0 amide bonds. The summed E-state index contributed by atoms with van der Waals surface area (Å²) in [6.07, 6.45) is 1.97. The van der Waals surface area contributed by atoms with Gasteiger partial charge >= 0.3 is 0 Å². The maximum absolute atomic E-state index is 4.86. The zero-order valence-electron chi connectivity index (χ0n) is 16.7. The number of benzene rings is 3. The van der Waals surface area contributed by atoms with E-state index in [4.69, 9.17) is 4.98 Å². The van der Waals surface area contributed by atoms with Gasteiger partial charge in [0.2, 0.25) is 0 Å². The van der Waals surface area contributed by atoms with E-state index in [1.165, 1.54) is 54.2 Å². The van der Waals surface area contributed by atoms with Gasteiger partial charge in [-0.05, 0) is 48.2 Å². The predicted molar refractivity (Wildman–Crippen MR) is 124 cm³/mol. The van der Waals surface area contributed by atoms with Crippen LogP contribution < -0.4 is 5.19 Å². The number of aryl methyl sites for hydroxylation is 1. The zero-order chi connectivity index (χ0) is 19.2. The number of para-hydroxylation sites is 1. The quantitative estimate of drug-likeness (QED) is 0.188. The number of hydrogen-bond donors (Lipinski definition) is 0. The fraction of sp³-hybridized carbons (Fsp3) is 0.160. The molecule has 0 fully saturated rings. The molecular weight excluding hydrogens is 356 g/mol. The molecule has 6 aromatic rings. The summed E-state index contributed by atoms with van der Waals surface area (Å²) in [6.45, 7) is 9.46. The normalized spacial score (nSPS) is 13.0. The first kappa shape index (κ1) is 16.1. The van der Waals surface area contributed by atoms with Gasteiger partial charge in [0, 0.05) is 27.7 Å². The first-order valence-corrected chi connectivity index (χ1v) is 13.4. The minimum atomic E-state index is -1.46. The second-order valence-corrected chi connectivity index (χ2v) is 14.1. The van der Waals surface area contributed by atoms with Crippen molar-refractivity contribution < 1.29 is 0 Å². The number of nitrogens with zero attached hydrogens (tertiary/aromatic N) is 2. The second-order valence-electron chi connectivity index (χ2n) is 9.06. The molecule has 0 spiro atoms. The van der Waals surface area contributed by atoms with Gasteiger partial charge in [0.15, 0.2) is 0 Å². The van der Waals surface area contributed by atoms with Crippen LogP contribution in [0.4, 0.5) is 0 Å². The highest BCUT2D eigenvalue weighted by atomic mass is 28.3. The van der Waals surface area contributed by atoms with Crippen LogP contribution in [-0.2, 0) is 0 Å². The molecule has 0 saturated carbocycles. The molecule has 28 heavy (non-hydrogen) atoms. The summed E-state index contributed by atoms with van der Waals surface area (Å²) in [5, 5.41) is 7.98. The topological polar surface area (TPSA) is 17.3 Å². The van der Waals surface area contributed by atoms with Gasteiger partial charge in [0.1, 0.15) is 0 Å².